The first-order valence-electron chi connectivity index (χ1n) is 9.19. The van der Waals surface area contributed by atoms with Crippen molar-refractivity contribution in [3.05, 3.63) is 39.3 Å². The number of aliphatic hydroxyl groups is 1. The lowest BCUT2D eigenvalue weighted by Gasteiger charge is -2.23. The molecule has 2 aromatic rings. The van der Waals surface area contributed by atoms with E-state index < -0.39 is 5.60 Å². The molecule has 0 amide bonds. The van der Waals surface area contributed by atoms with Crippen LogP contribution < -0.4 is 10.6 Å². The van der Waals surface area contributed by atoms with Crippen molar-refractivity contribution in [1.29, 1.82) is 0 Å². The molecule has 2 heterocycles. The summed E-state index contributed by atoms with van der Waals surface area (Å²) in [6, 6.07) is 3.89. The Morgan fingerprint density at radius 1 is 1.41 bits per heavy atom. The molecule has 0 aliphatic carbocycles. The Hall–Kier alpha value is -1.90. The molecule has 0 aliphatic rings. The maximum absolute atomic E-state index is 10.7. The number of aliphatic imine (C=N–C) groups is 1. The standard InChI is InChI=1S/C19H31N5O2S/c1-6-20-18(22-13-19(4,25)17-8-7-11-27-17)21-12-16-14(2)23-24(15(16)3)9-10-26-5/h7-8,11,25H,6,9-10,12-13H2,1-5H3,(H2,20,21,22). The quantitative estimate of drug-likeness (QED) is 0.449. The lowest BCUT2D eigenvalue weighted by atomic mass is 10.1. The third kappa shape index (κ3) is 5.79. The van der Waals surface area contributed by atoms with Crippen LogP contribution in [0.3, 0.4) is 0 Å². The fraction of sp³-hybridized carbons (Fsp3) is 0.579. The van der Waals surface area contributed by atoms with Crippen LogP contribution in [0.25, 0.3) is 0 Å². The Kier molecular flexibility index (Phi) is 7.82. The lowest BCUT2D eigenvalue weighted by Crippen LogP contribution is -2.44. The predicted molar refractivity (Wildman–Crippen MR) is 110 cm³/mol. The van der Waals surface area contributed by atoms with E-state index in [0.29, 0.717) is 25.7 Å². The molecule has 0 spiro atoms. The van der Waals surface area contributed by atoms with E-state index in [-0.39, 0.29) is 0 Å². The molecule has 0 bridgehead atoms. The smallest absolute Gasteiger partial charge is 0.191 e. The molecular formula is C19H31N5O2S. The Bertz CT molecular complexity index is 738. The third-order valence-corrected chi connectivity index (χ3v) is 5.55. The molecule has 0 saturated heterocycles. The first-order valence-corrected chi connectivity index (χ1v) is 10.1. The van der Waals surface area contributed by atoms with Crippen LogP contribution in [0.5, 0.6) is 0 Å². The van der Waals surface area contributed by atoms with Gasteiger partial charge in [0.15, 0.2) is 5.96 Å². The van der Waals surface area contributed by atoms with E-state index in [1.54, 1.807) is 18.4 Å². The number of methoxy groups -OCH3 is 1. The summed E-state index contributed by atoms with van der Waals surface area (Å²) in [4.78, 5) is 5.61. The van der Waals surface area contributed by atoms with Gasteiger partial charge in [0.25, 0.3) is 0 Å². The average Bonchev–Trinajstić information content (AvgIpc) is 3.26. The number of nitrogens with zero attached hydrogens (tertiary/aromatic N) is 3. The van der Waals surface area contributed by atoms with Crippen molar-refractivity contribution in [3.8, 4) is 0 Å². The summed E-state index contributed by atoms with van der Waals surface area (Å²) >= 11 is 1.55. The number of rotatable bonds is 9. The lowest BCUT2D eigenvalue weighted by molar-refractivity contribution is 0.0655. The average molecular weight is 394 g/mol. The van der Waals surface area contributed by atoms with Gasteiger partial charge in [0, 0.05) is 29.8 Å². The predicted octanol–water partition coefficient (Wildman–Crippen LogP) is 2.17. The third-order valence-electron chi connectivity index (χ3n) is 4.43. The Balaban J connectivity index is 2.06. The van der Waals surface area contributed by atoms with Gasteiger partial charge in [-0.15, -0.1) is 11.3 Å². The van der Waals surface area contributed by atoms with Gasteiger partial charge in [0.05, 0.1) is 31.9 Å². The Morgan fingerprint density at radius 3 is 2.81 bits per heavy atom. The molecule has 2 aromatic heterocycles. The minimum Gasteiger partial charge on any atom is -0.383 e. The first-order chi connectivity index (χ1) is 12.9. The van der Waals surface area contributed by atoms with Gasteiger partial charge >= 0.3 is 0 Å². The van der Waals surface area contributed by atoms with E-state index in [1.165, 1.54) is 0 Å². The molecule has 7 nitrogen and oxygen atoms in total. The normalized spacial score (nSPS) is 14.2. The molecular weight excluding hydrogens is 362 g/mol. The van der Waals surface area contributed by atoms with Gasteiger partial charge in [-0.3, -0.25) is 4.68 Å². The summed E-state index contributed by atoms with van der Waals surface area (Å²) in [5, 5.41) is 23.7. The molecule has 0 radical (unpaired) electrons. The molecule has 2 rings (SSSR count). The molecule has 0 aromatic carbocycles. The fourth-order valence-corrected chi connectivity index (χ4v) is 3.57. The van der Waals surface area contributed by atoms with Crippen molar-refractivity contribution in [2.45, 2.75) is 46.4 Å². The number of guanidine groups is 1. The monoisotopic (exact) mass is 393 g/mol. The Labute approximate surface area is 165 Å². The number of aryl methyl sites for hydroxylation is 1. The van der Waals surface area contributed by atoms with Crippen molar-refractivity contribution in [2.75, 3.05) is 26.8 Å². The van der Waals surface area contributed by atoms with Crippen LogP contribution in [0.1, 0.15) is 35.7 Å². The second-order valence-corrected chi connectivity index (χ2v) is 7.61. The van der Waals surface area contributed by atoms with Crippen LogP contribution >= 0.6 is 11.3 Å². The van der Waals surface area contributed by atoms with Crippen molar-refractivity contribution in [2.24, 2.45) is 4.99 Å². The molecule has 3 N–H and O–H groups in total. The zero-order valence-corrected chi connectivity index (χ0v) is 17.7. The largest absolute Gasteiger partial charge is 0.383 e. The number of hydrogen-bond acceptors (Lipinski definition) is 5. The van der Waals surface area contributed by atoms with Crippen LogP contribution in [-0.4, -0.2) is 47.7 Å². The van der Waals surface area contributed by atoms with Gasteiger partial charge in [-0.25, -0.2) is 4.99 Å². The molecule has 0 aliphatic heterocycles. The maximum Gasteiger partial charge on any atom is 0.191 e. The van der Waals surface area contributed by atoms with E-state index in [9.17, 15) is 5.11 Å². The van der Waals surface area contributed by atoms with Gasteiger partial charge in [0.2, 0.25) is 0 Å². The summed E-state index contributed by atoms with van der Waals surface area (Å²) in [5.41, 5.74) is 2.26. The van der Waals surface area contributed by atoms with E-state index >= 15 is 0 Å². The highest BCUT2D eigenvalue weighted by atomic mass is 32.1. The minimum absolute atomic E-state index is 0.379. The minimum atomic E-state index is -0.943. The molecule has 1 unspecified atom stereocenters. The zero-order valence-electron chi connectivity index (χ0n) is 16.9. The molecule has 1 atom stereocenters. The zero-order chi connectivity index (χ0) is 19.9. The number of aromatic nitrogens is 2. The van der Waals surface area contributed by atoms with Crippen molar-refractivity contribution >= 4 is 17.3 Å². The van der Waals surface area contributed by atoms with Crippen LogP contribution in [0.2, 0.25) is 0 Å². The number of ether oxygens (including phenoxy) is 1. The molecule has 0 fully saturated rings. The molecule has 150 valence electrons. The first kappa shape index (κ1) is 21.4. The van der Waals surface area contributed by atoms with Crippen molar-refractivity contribution in [1.82, 2.24) is 20.4 Å². The summed E-state index contributed by atoms with van der Waals surface area (Å²) in [6.07, 6.45) is 0. The summed E-state index contributed by atoms with van der Waals surface area (Å²) < 4.78 is 7.11. The van der Waals surface area contributed by atoms with Gasteiger partial charge in [-0.2, -0.15) is 5.10 Å². The van der Waals surface area contributed by atoms with Crippen molar-refractivity contribution < 1.29 is 9.84 Å². The number of thiophene rings is 1. The number of hydrogen-bond donors (Lipinski definition) is 3. The highest BCUT2D eigenvalue weighted by Crippen LogP contribution is 2.24. The van der Waals surface area contributed by atoms with Crippen LogP contribution in [0, 0.1) is 13.8 Å². The topological polar surface area (TPSA) is 83.7 Å². The van der Waals surface area contributed by atoms with E-state index in [2.05, 4.69) is 27.6 Å². The Morgan fingerprint density at radius 2 is 2.19 bits per heavy atom. The summed E-state index contributed by atoms with van der Waals surface area (Å²) in [5.74, 6) is 0.678. The van der Waals surface area contributed by atoms with Crippen LogP contribution in [0.15, 0.2) is 22.5 Å². The van der Waals surface area contributed by atoms with Crippen LogP contribution in [0.4, 0.5) is 0 Å². The van der Waals surface area contributed by atoms with Gasteiger partial charge in [-0.1, -0.05) is 6.07 Å². The second-order valence-electron chi connectivity index (χ2n) is 6.67. The highest BCUT2D eigenvalue weighted by Gasteiger charge is 2.24. The van der Waals surface area contributed by atoms with Gasteiger partial charge in [-0.05, 0) is 39.1 Å². The maximum atomic E-state index is 10.7. The molecule has 27 heavy (non-hydrogen) atoms. The highest BCUT2D eigenvalue weighted by molar-refractivity contribution is 7.10. The molecule has 0 saturated carbocycles. The molecule has 8 heteroatoms. The van der Waals surface area contributed by atoms with E-state index in [4.69, 9.17) is 4.74 Å². The summed E-state index contributed by atoms with van der Waals surface area (Å²) in [7, 11) is 1.69. The van der Waals surface area contributed by atoms with Gasteiger partial charge < -0.3 is 20.5 Å². The van der Waals surface area contributed by atoms with Gasteiger partial charge in [0.1, 0.15) is 5.60 Å². The fourth-order valence-electron chi connectivity index (χ4n) is 2.79. The van der Waals surface area contributed by atoms with Crippen molar-refractivity contribution in [3.63, 3.8) is 0 Å². The SMILES string of the molecule is CCNC(=NCc1c(C)nn(CCOC)c1C)NCC(C)(O)c1cccs1. The van der Waals surface area contributed by atoms with Crippen LogP contribution in [-0.2, 0) is 23.4 Å². The second kappa shape index (κ2) is 9.87. The summed E-state index contributed by atoms with van der Waals surface area (Å²) in [6.45, 7) is 10.9. The van der Waals surface area contributed by atoms with E-state index in [0.717, 1.165) is 34.9 Å². The van der Waals surface area contributed by atoms with E-state index in [1.807, 2.05) is 43.0 Å². The number of nitrogens with one attached hydrogen (secondary N) is 2.